The first-order valence-electron chi connectivity index (χ1n) is 2.64. The van der Waals surface area contributed by atoms with Crippen LogP contribution < -0.4 is 0 Å². The first-order valence-corrected chi connectivity index (χ1v) is 3.31. The van der Waals surface area contributed by atoms with E-state index in [4.69, 9.17) is 3.57 Å². The van der Waals surface area contributed by atoms with Gasteiger partial charge in [-0.1, -0.05) is 12.8 Å². The Kier molecular flexibility index (Phi) is 22.0. The maximum atomic E-state index is 8.14. The molecule has 0 aliphatic carbocycles. The topological polar surface area (TPSA) is 17.1 Å². The zero-order chi connectivity index (χ0) is 6.83. The zero-order valence-electron chi connectivity index (χ0n) is 4.98. The quantitative estimate of drug-likeness (QED) is 0.390. The summed E-state index contributed by atoms with van der Waals surface area (Å²) in [5.41, 5.74) is 0. The second-order valence-electron chi connectivity index (χ2n) is 1.41. The average molecular weight is 203 g/mol. The molecule has 0 aromatic heterocycles. The predicted octanol–water partition coefficient (Wildman–Crippen LogP) is 2.09. The molecule has 0 aliphatic rings. The molecule has 0 fully saturated rings. The number of rotatable bonds is 3. The minimum atomic E-state index is 1.06. The normalized spacial score (nSPS) is 7.38. The summed E-state index contributed by atoms with van der Waals surface area (Å²) >= 11 is 1.30. The molecule has 0 bridgehead atoms. The van der Waals surface area contributed by atoms with Crippen LogP contribution in [0.25, 0.3) is 0 Å². The molecule has 0 aliphatic heterocycles. The fourth-order valence-electron chi connectivity index (χ4n) is 0.354. The van der Waals surface area contributed by atoms with Crippen molar-refractivity contribution in [2.24, 2.45) is 0 Å². The fraction of sp³-hybridized carbons (Fsp3) is 0.667. The van der Waals surface area contributed by atoms with E-state index in [2.05, 4.69) is 13.8 Å². The van der Waals surface area contributed by atoms with E-state index < -0.39 is 0 Å². The molecule has 0 aromatic carbocycles. The van der Waals surface area contributed by atoms with Gasteiger partial charge in [0.15, 0.2) is 0 Å². The Labute approximate surface area is 61.8 Å². The summed E-state index contributed by atoms with van der Waals surface area (Å²) in [4.78, 5) is 0. The molecule has 8 heavy (non-hydrogen) atoms. The molecule has 2 heteroatoms. The SMILES string of the molecule is [CH2-]CCCC[CH2-].[O]=[Rh]. The van der Waals surface area contributed by atoms with Gasteiger partial charge in [-0.05, 0) is 0 Å². The molecular weight excluding hydrogens is 191 g/mol. The second-order valence-corrected chi connectivity index (χ2v) is 1.41. The molecule has 0 rings (SSSR count). The molecule has 0 radical (unpaired) electrons. The number of unbranched alkanes of at least 4 members (excludes halogenated alkanes) is 3. The van der Waals surface area contributed by atoms with E-state index in [1.165, 1.54) is 31.1 Å². The molecule has 0 heterocycles. The standard InChI is InChI=1S/C6H12.O.Rh/c1-3-5-6-4-2;;/h1-6H2;;/q-2;;. The van der Waals surface area contributed by atoms with Gasteiger partial charge in [0, 0.05) is 0 Å². The Morgan fingerprint density at radius 2 is 1.25 bits per heavy atom. The molecule has 0 amide bonds. The van der Waals surface area contributed by atoms with E-state index in [1.54, 1.807) is 0 Å². The van der Waals surface area contributed by atoms with Crippen molar-refractivity contribution in [3.63, 3.8) is 0 Å². The summed E-state index contributed by atoms with van der Waals surface area (Å²) in [7, 11) is 0. The van der Waals surface area contributed by atoms with Crippen LogP contribution in [-0.2, 0) is 21.8 Å². The van der Waals surface area contributed by atoms with Crippen molar-refractivity contribution in [2.75, 3.05) is 0 Å². The average Bonchev–Trinajstić information content (AvgIpc) is 1.88. The van der Waals surface area contributed by atoms with Gasteiger partial charge in [-0.2, -0.15) is 12.8 Å². The maximum absolute atomic E-state index is 8.14. The van der Waals surface area contributed by atoms with Crippen LogP contribution in [0, 0.1) is 13.8 Å². The van der Waals surface area contributed by atoms with Crippen molar-refractivity contribution < 1.29 is 21.8 Å². The van der Waals surface area contributed by atoms with Crippen LogP contribution in [-0.4, -0.2) is 0 Å². The van der Waals surface area contributed by atoms with Crippen molar-refractivity contribution in [1.82, 2.24) is 0 Å². The summed E-state index contributed by atoms with van der Waals surface area (Å²) in [6.07, 6.45) is 4.61. The van der Waals surface area contributed by atoms with Gasteiger partial charge in [-0.15, -0.1) is 0 Å². The van der Waals surface area contributed by atoms with Crippen molar-refractivity contribution in [3.05, 3.63) is 13.8 Å². The summed E-state index contributed by atoms with van der Waals surface area (Å²) < 4.78 is 8.14. The summed E-state index contributed by atoms with van der Waals surface area (Å²) in [6, 6.07) is 0. The molecule has 0 N–H and O–H groups in total. The minimum absolute atomic E-state index is 1.06. The van der Waals surface area contributed by atoms with Crippen LogP contribution in [0.4, 0.5) is 0 Å². The molecule has 53 valence electrons. The van der Waals surface area contributed by atoms with Crippen LogP contribution in [0.15, 0.2) is 0 Å². The summed E-state index contributed by atoms with van der Waals surface area (Å²) in [6.45, 7) is 7.39. The number of hydrogen-bond donors (Lipinski definition) is 0. The van der Waals surface area contributed by atoms with Gasteiger partial charge in [-0.3, -0.25) is 0 Å². The first-order chi connectivity index (χ1) is 3.91. The Bertz CT molecular complexity index is 27.7. The summed E-state index contributed by atoms with van der Waals surface area (Å²) in [5.74, 6) is 0. The predicted molar refractivity (Wildman–Crippen MR) is 29.9 cm³/mol. The third-order valence-electron chi connectivity index (χ3n) is 0.750. The zero-order valence-corrected chi connectivity index (χ0v) is 6.62. The number of hydrogen-bond acceptors (Lipinski definition) is 1. The van der Waals surface area contributed by atoms with E-state index in [1.807, 2.05) is 0 Å². The third-order valence-corrected chi connectivity index (χ3v) is 0.750. The molecule has 0 saturated carbocycles. The van der Waals surface area contributed by atoms with Gasteiger partial charge >= 0.3 is 21.8 Å². The Morgan fingerprint density at radius 3 is 1.38 bits per heavy atom. The molecule has 0 unspecified atom stereocenters. The third kappa shape index (κ3) is 16.1. The Morgan fingerprint density at radius 1 is 1.00 bits per heavy atom. The van der Waals surface area contributed by atoms with Crippen molar-refractivity contribution in [3.8, 4) is 0 Å². The van der Waals surface area contributed by atoms with E-state index in [-0.39, 0.29) is 0 Å². The van der Waals surface area contributed by atoms with Crippen molar-refractivity contribution in [1.29, 1.82) is 0 Å². The van der Waals surface area contributed by atoms with E-state index in [9.17, 15) is 0 Å². The van der Waals surface area contributed by atoms with Gasteiger partial charge in [-0.25, -0.2) is 0 Å². The molecule has 0 aromatic rings. The van der Waals surface area contributed by atoms with Crippen molar-refractivity contribution >= 4 is 0 Å². The van der Waals surface area contributed by atoms with Gasteiger partial charge in [0.05, 0.1) is 0 Å². The van der Waals surface area contributed by atoms with Gasteiger partial charge < -0.3 is 13.8 Å². The van der Waals surface area contributed by atoms with E-state index >= 15 is 0 Å². The van der Waals surface area contributed by atoms with Gasteiger partial charge in [0.25, 0.3) is 0 Å². The van der Waals surface area contributed by atoms with Crippen LogP contribution >= 0.6 is 0 Å². The van der Waals surface area contributed by atoms with E-state index in [0.717, 1.165) is 12.8 Å². The molecule has 0 spiro atoms. The molecule has 0 atom stereocenters. The molecule has 0 saturated heterocycles. The summed E-state index contributed by atoms with van der Waals surface area (Å²) in [5, 5.41) is 0. The second kappa shape index (κ2) is 15.7. The van der Waals surface area contributed by atoms with Crippen LogP contribution in [0.3, 0.4) is 0 Å². The fourth-order valence-corrected chi connectivity index (χ4v) is 0.354. The van der Waals surface area contributed by atoms with Crippen LogP contribution in [0.2, 0.25) is 0 Å². The van der Waals surface area contributed by atoms with Crippen LogP contribution in [0.5, 0.6) is 0 Å². The van der Waals surface area contributed by atoms with Gasteiger partial charge in [0.2, 0.25) is 0 Å². The Hall–Kier alpha value is 0.423. The Balaban J connectivity index is 0. The van der Waals surface area contributed by atoms with Gasteiger partial charge in [0.1, 0.15) is 0 Å². The monoisotopic (exact) mass is 203 g/mol. The van der Waals surface area contributed by atoms with E-state index in [0.29, 0.717) is 0 Å². The van der Waals surface area contributed by atoms with Crippen LogP contribution in [0.1, 0.15) is 25.7 Å². The first kappa shape index (κ1) is 11.3. The molecule has 1 nitrogen and oxygen atoms in total. The van der Waals surface area contributed by atoms with Crippen molar-refractivity contribution in [2.45, 2.75) is 25.7 Å². The molecular formula is C6H12ORh-2.